The van der Waals surface area contributed by atoms with Crippen molar-refractivity contribution in [2.75, 3.05) is 39.3 Å². The fourth-order valence-electron chi connectivity index (χ4n) is 7.87. The summed E-state index contributed by atoms with van der Waals surface area (Å²) in [5.74, 6) is 2.06. The summed E-state index contributed by atoms with van der Waals surface area (Å²) in [5, 5.41) is 3.38. The molecule has 4 saturated carbocycles. The van der Waals surface area contributed by atoms with Crippen LogP contribution in [0.5, 0.6) is 0 Å². The van der Waals surface area contributed by atoms with Crippen LogP contribution < -0.4 is 5.32 Å². The van der Waals surface area contributed by atoms with Crippen LogP contribution in [0.3, 0.4) is 0 Å². The monoisotopic (exact) mass is 610 g/mol. The van der Waals surface area contributed by atoms with Gasteiger partial charge in [0, 0.05) is 45.3 Å². The third-order valence-corrected chi connectivity index (χ3v) is 9.95. The van der Waals surface area contributed by atoms with E-state index in [1.54, 1.807) is 17.0 Å². The number of nitrogens with zero attached hydrogens (tertiary/aromatic N) is 3. The molecule has 4 bridgehead atoms. The molecule has 0 aromatic carbocycles. The average Bonchev–Trinajstić information content (AvgIpc) is 3.43. The Labute approximate surface area is 225 Å². The van der Waals surface area contributed by atoms with E-state index in [-0.39, 0.29) is 29.3 Å². The molecule has 6 aliphatic rings. The van der Waals surface area contributed by atoms with Gasteiger partial charge in [-0.2, -0.15) is 0 Å². The number of hydrogen-bond donors (Lipinski definition) is 1. The summed E-state index contributed by atoms with van der Waals surface area (Å²) in [6, 6.07) is 3.39. The van der Waals surface area contributed by atoms with Gasteiger partial charge in [0.2, 0.25) is 5.91 Å². The quantitative estimate of drug-likeness (QED) is 0.529. The van der Waals surface area contributed by atoms with E-state index in [4.69, 9.17) is 7.48 Å². The minimum atomic E-state index is -0.245. The molecule has 1 aromatic heterocycles. The molecule has 4 aliphatic carbocycles. The van der Waals surface area contributed by atoms with Crippen molar-refractivity contribution >= 4 is 40.9 Å². The van der Waals surface area contributed by atoms with Crippen molar-refractivity contribution < 1.29 is 21.9 Å². The maximum Gasteiger partial charge on any atom is 0.320 e. The highest BCUT2D eigenvalue weighted by molar-refractivity contribution is 14.1. The zero-order chi connectivity index (χ0) is 24.9. The van der Waals surface area contributed by atoms with E-state index >= 15 is 0 Å². The maximum absolute atomic E-state index is 13.6. The number of furan rings is 1. The molecule has 6 atom stereocenters. The molecule has 1 aromatic rings. The molecule has 4 amide bonds. The van der Waals surface area contributed by atoms with Crippen LogP contribution in [0.1, 0.15) is 55.5 Å². The Bertz CT molecular complexity index is 978. The first kappa shape index (κ1) is 24.5. The summed E-state index contributed by atoms with van der Waals surface area (Å²) in [7, 11) is 0. The van der Waals surface area contributed by atoms with E-state index in [1.807, 2.05) is 9.80 Å². The van der Waals surface area contributed by atoms with Gasteiger partial charge < -0.3 is 27.5 Å². The summed E-state index contributed by atoms with van der Waals surface area (Å²) in [6.07, 6.45) is 8.89. The maximum atomic E-state index is 13.6. The molecular weight excluding hydrogens is 575 g/mol. The number of amides is 4. The topological polar surface area (TPSA) is 95.3 Å². The van der Waals surface area contributed by atoms with Crippen molar-refractivity contribution in [2.45, 2.75) is 57.1 Å². The highest BCUT2D eigenvalue weighted by Gasteiger charge is 2.59. The van der Waals surface area contributed by atoms with E-state index in [0.29, 0.717) is 68.9 Å². The second-order valence-corrected chi connectivity index (χ2v) is 12.1. The van der Waals surface area contributed by atoms with Crippen LogP contribution in [-0.2, 0) is 7.86 Å². The summed E-state index contributed by atoms with van der Waals surface area (Å²) in [5.41, 5.74) is -0.245. The van der Waals surface area contributed by atoms with Crippen molar-refractivity contribution in [1.82, 2.24) is 20.0 Å². The highest BCUT2D eigenvalue weighted by atomic mass is 127. The molecule has 6 fully saturated rings. The summed E-state index contributed by atoms with van der Waals surface area (Å²) in [4.78, 5) is 44.9. The lowest BCUT2D eigenvalue weighted by Crippen LogP contribution is -2.61. The zero-order valence-corrected chi connectivity index (χ0v) is 22.7. The Morgan fingerprint density at radius 3 is 2.39 bits per heavy atom. The number of hydrogen-bond acceptors (Lipinski definition) is 5. The fourth-order valence-corrected chi connectivity index (χ4v) is 8.70. The lowest BCUT2D eigenvalue weighted by Gasteiger charge is -2.58. The Balaban J connectivity index is 1.03. The number of piperidine rings is 1. The molecule has 2 saturated heterocycles. The van der Waals surface area contributed by atoms with Gasteiger partial charge in [-0.1, -0.05) is 0 Å². The van der Waals surface area contributed by atoms with Crippen LogP contribution in [0.15, 0.2) is 22.8 Å². The molecule has 1 N–H and O–H groups in total. The van der Waals surface area contributed by atoms with Gasteiger partial charge >= 0.3 is 6.03 Å². The van der Waals surface area contributed by atoms with Crippen molar-refractivity contribution in [1.29, 1.82) is 0 Å². The minimum absolute atomic E-state index is 0.00152. The molecule has 10 heteroatoms. The van der Waals surface area contributed by atoms with Gasteiger partial charge in [-0.3, -0.25) is 9.59 Å². The Morgan fingerprint density at radius 2 is 1.72 bits per heavy atom. The molecule has 0 radical (unpaired) electrons. The minimum Gasteiger partial charge on any atom is -0.459 e. The lowest BCUT2D eigenvalue weighted by molar-refractivity contribution is -0.157. The third kappa shape index (κ3) is 4.41. The SMILES string of the molecule is O=C(c1ccco1)N1CCN(C(=O)N2CCC[C@H](NC(=O)C34CC5CC(C3)C(OI)[C@H](C5)C4)C2)CC1. The van der Waals surface area contributed by atoms with Crippen molar-refractivity contribution in [3.8, 4) is 0 Å². The van der Waals surface area contributed by atoms with Crippen LogP contribution in [0.4, 0.5) is 4.79 Å². The van der Waals surface area contributed by atoms with Crippen molar-refractivity contribution in [3.05, 3.63) is 24.2 Å². The largest absolute Gasteiger partial charge is 0.459 e. The van der Waals surface area contributed by atoms with E-state index < -0.39 is 0 Å². The van der Waals surface area contributed by atoms with Crippen molar-refractivity contribution in [3.63, 3.8) is 0 Å². The molecule has 2 aliphatic heterocycles. The second-order valence-electron chi connectivity index (χ2n) is 11.6. The highest BCUT2D eigenvalue weighted by Crippen LogP contribution is 2.61. The number of urea groups is 1. The second kappa shape index (κ2) is 9.81. The van der Waals surface area contributed by atoms with Gasteiger partial charge in [0.25, 0.3) is 5.91 Å². The van der Waals surface area contributed by atoms with E-state index in [0.717, 1.165) is 32.1 Å². The number of likely N-dealkylation sites (tertiary alicyclic amines) is 1. The fraction of sp³-hybridized carbons (Fsp3) is 0.731. The van der Waals surface area contributed by atoms with Gasteiger partial charge in [-0.05, 0) is 74.8 Å². The summed E-state index contributed by atoms with van der Waals surface area (Å²) < 4.78 is 11.0. The van der Waals surface area contributed by atoms with Gasteiger partial charge in [0.05, 0.1) is 17.8 Å². The number of nitrogens with one attached hydrogen (secondary N) is 1. The van der Waals surface area contributed by atoms with Crippen LogP contribution in [0, 0.1) is 23.2 Å². The smallest absolute Gasteiger partial charge is 0.320 e. The predicted molar refractivity (Wildman–Crippen MR) is 139 cm³/mol. The molecule has 0 spiro atoms. The van der Waals surface area contributed by atoms with E-state index in [9.17, 15) is 14.4 Å². The molecule has 7 rings (SSSR count). The lowest BCUT2D eigenvalue weighted by atomic mass is 9.48. The van der Waals surface area contributed by atoms with Crippen LogP contribution in [-0.4, -0.2) is 84.0 Å². The van der Waals surface area contributed by atoms with Gasteiger partial charge in [-0.15, -0.1) is 0 Å². The Kier molecular flexibility index (Phi) is 6.68. The molecule has 3 heterocycles. The number of carbonyl (C=O) groups excluding carboxylic acids is 3. The standard InChI is InChI=1S/C26H35IN4O5/c27-36-22-18-11-17-12-19(22)15-26(13-17,14-18)24(33)28-20-3-1-5-31(16-20)25(34)30-8-6-29(7-9-30)23(32)21-4-2-10-35-21/h2,4,10,17-20,22H,1,3,5-9,11-16H2,(H,28,33)/t17?,18-,19?,20+,22?,26?/m1/s1. The van der Waals surface area contributed by atoms with E-state index in [2.05, 4.69) is 28.3 Å². The normalized spacial score (nSPS) is 35.7. The number of carbonyl (C=O) groups is 3. The number of piperazine rings is 1. The predicted octanol–water partition coefficient (Wildman–Crippen LogP) is 3.30. The van der Waals surface area contributed by atoms with Crippen LogP contribution in [0.2, 0.25) is 0 Å². The average molecular weight is 610 g/mol. The first-order valence-corrected chi connectivity index (χ1v) is 14.3. The summed E-state index contributed by atoms with van der Waals surface area (Å²) in [6.45, 7) is 3.27. The third-order valence-electron chi connectivity index (χ3n) is 9.37. The number of halogens is 1. The first-order valence-electron chi connectivity index (χ1n) is 13.4. The van der Waals surface area contributed by atoms with Crippen molar-refractivity contribution in [2.24, 2.45) is 23.2 Å². The molecular formula is C26H35IN4O5. The van der Waals surface area contributed by atoms with Gasteiger partial charge in [0.15, 0.2) is 5.76 Å². The van der Waals surface area contributed by atoms with E-state index in [1.165, 1.54) is 19.1 Å². The first-order chi connectivity index (χ1) is 17.5. The van der Waals surface area contributed by atoms with Gasteiger partial charge in [0.1, 0.15) is 23.0 Å². The Hall–Kier alpha value is -1.82. The van der Waals surface area contributed by atoms with Gasteiger partial charge in [-0.25, -0.2) is 4.79 Å². The van der Waals surface area contributed by atoms with Crippen LogP contribution in [0.25, 0.3) is 0 Å². The number of rotatable bonds is 4. The zero-order valence-electron chi connectivity index (χ0n) is 20.6. The molecule has 4 unspecified atom stereocenters. The Morgan fingerprint density at radius 1 is 1.00 bits per heavy atom. The van der Waals surface area contributed by atoms with Crippen LogP contribution >= 0.6 is 23.0 Å². The summed E-state index contributed by atoms with van der Waals surface area (Å²) >= 11 is 2.05. The molecule has 9 nitrogen and oxygen atoms in total. The molecule has 196 valence electrons. The molecule has 36 heavy (non-hydrogen) atoms.